The van der Waals surface area contributed by atoms with E-state index < -0.39 is 10.9 Å². The first-order chi connectivity index (χ1) is 11.0. The van der Waals surface area contributed by atoms with Crippen LogP contribution in [0.4, 0.5) is 5.69 Å². The van der Waals surface area contributed by atoms with Gasteiger partial charge in [0.1, 0.15) is 12.4 Å². The van der Waals surface area contributed by atoms with Crippen LogP contribution < -0.4 is 4.74 Å². The minimum Gasteiger partial charge on any atom is -0.488 e. The molecule has 0 unspecified atom stereocenters. The molecule has 0 amide bonds. The fourth-order valence-electron chi connectivity index (χ4n) is 1.83. The molecule has 0 radical (unpaired) electrons. The number of carboxylic acid groups (broad SMARTS) is 1. The zero-order valence-electron chi connectivity index (χ0n) is 11.8. The number of nitro benzene ring substituents is 1. The fourth-order valence-corrected chi connectivity index (χ4v) is 2.34. The summed E-state index contributed by atoms with van der Waals surface area (Å²) in [7, 11) is 0. The molecule has 0 fully saturated rings. The summed E-state index contributed by atoms with van der Waals surface area (Å²) in [6.45, 7) is 0.185. The molecule has 0 spiro atoms. The Bertz CT molecular complexity index is 773. The maximum atomic E-state index is 10.7. The lowest BCUT2D eigenvalue weighted by molar-refractivity contribution is -0.384. The molecule has 23 heavy (non-hydrogen) atoms. The number of non-ortho nitro benzene ring substituents is 1. The number of aliphatic carboxylic acids is 1. The van der Waals surface area contributed by atoms with Gasteiger partial charge in [-0.25, -0.2) is 4.79 Å². The van der Waals surface area contributed by atoms with Gasteiger partial charge in [0.25, 0.3) is 5.69 Å². The minimum atomic E-state index is -1.02. The number of hydrogen-bond acceptors (Lipinski definition) is 4. The third-order valence-electron chi connectivity index (χ3n) is 2.89. The van der Waals surface area contributed by atoms with Crippen LogP contribution in [0.5, 0.6) is 5.75 Å². The molecule has 7 heteroatoms. The summed E-state index contributed by atoms with van der Waals surface area (Å²) in [6.07, 6.45) is 2.52. The average molecular weight is 378 g/mol. The standard InChI is InChI=1S/C16H12BrNO5/c17-14-9-11(5-7-16(19)20)4-6-15(14)23-10-12-2-1-3-13(8-12)18(21)22/h1-9H,10H2,(H,19,20). The summed E-state index contributed by atoms with van der Waals surface area (Å²) < 4.78 is 6.29. The highest BCUT2D eigenvalue weighted by Gasteiger charge is 2.07. The molecule has 0 heterocycles. The van der Waals surface area contributed by atoms with E-state index in [4.69, 9.17) is 9.84 Å². The molecule has 2 aromatic rings. The highest BCUT2D eigenvalue weighted by Crippen LogP contribution is 2.27. The van der Waals surface area contributed by atoms with Crippen molar-refractivity contribution in [2.75, 3.05) is 0 Å². The van der Waals surface area contributed by atoms with Crippen molar-refractivity contribution in [3.63, 3.8) is 0 Å². The van der Waals surface area contributed by atoms with E-state index in [1.54, 1.807) is 30.3 Å². The Kier molecular flexibility index (Phi) is 5.48. The van der Waals surface area contributed by atoms with Crippen molar-refractivity contribution >= 4 is 33.7 Å². The Balaban J connectivity index is 2.07. The van der Waals surface area contributed by atoms with Crippen molar-refractivity contribution in [1.82, 2.24) is 0 Å². The van der Waals surface area contributed by atoms with Crippen molar-refractivity contribution in [3.05, 3.63) is 74.3 Å². The van der Waals surface area contributed by atoms with Gasteiger partial charge in [-0.3, -0.25) is 10.1 Å². The third-order valence-corrected chi connectivity index (χ3v) is 3.51. The van der Waals surface area contributed by atoms with Crippen molar-refractivity contribution in [2.45, 2.75) is 6.61 Å². The Labute approximate surface area is 140 Å². The van der Waals surface area contributed by atoms with Crippen LogP contribution in [-0.4, -0.2) is 16.0 Å². The van der Waals surface area contributed by atoms with E-state index in [-0.39, 0.29) is 12.3 Å². The van der Waals surface area contributed by atoms with Gasteiger partial charge in [-0.2, -0.15) is 0 Å². The number of hydrogen-bond donors (Lipinski definition) is 1. The lowest BCUT2D eigenvalue weighted by Crippen LogP contribution is -1.97. The highest BCUT2D eigenvalue weighted by atomic mass is 79.9. The molecule has 1 N–H and O–H groups in total. The van der Waals surface area contributed by atoms with Crippen molar-refractivity contribution in [3.8, 4) is 5.75 Å². The van der Waals surface area contributed by atoms with E-state index >= 15 is 0 Å². The van der Waals surface area contributed by atoms with Crippen LogP contribution in [0, 0.1) is 10.1 Å². The predicted octanol–water partition coefficient (Wildman–Crippen LogP) is 4.03. The maximum Gasteiger partial charge on any atom is 0.328 e. The van der Waals surface area contributed by atoms with Gasteiger partial charge < -0.3 is 9.84 Å². The first-order valence-corrected chi connectivity index (χ1v) is 7.31. The zero-order chi connectivity index (χ0) is 16.8. The lowest BCUT2D eigenvalue weighted by Gasteiger charge is -2.09. The number of nitro groups is 1. The highest BCUT2D eigenvalue weighted by molar-refractivity contribution is 9.10. The van der Waals surface area contributed by atoms with E-state index in [9.17, 15) is 14.9 Å². The fraction of sp³-hybridized carbons (Fsp3) is 0.0625. The predicted molar refractivity (Wildman–Crippen MR) is 88.2 cm³/mol. The number of halogens is 1. The van der Waals surface area contributed by atoms with Gasteiger partial charge in [-0.15, -0.1) is 0 Å². The Morgan fingerprint density at radius 1 is 1.30 bits per heavy atom. The zero-order valence-corrected chi connectivity index (χ0v) is 13.4. The average Bonchev–Trinajstić information content (AvgIpc) is 2.52. The number of nitrogens with zero attached hydrogens (tertiary/aromatic N) is 1. The molecule has 0 aliphatic carbocycles. The number of rotatable bonds is 6. The molecule has 0 saturated heterocycles. The molecule has 0 atom stereocenters. The van der Waals surface area contributed by atoms with Gasteiger partial charge in [-0.1, -0.05) is 18.2 Å². The molecule has 0 aliphatic rings. The Morgan fingerprint density at radius 2 is 2.09 bits per heavy atom. The van der Waals surface area contributed by atoms with Crippen LogP contribution in [0.3, 0.4) is 0 Å². The van der Waals surface area contributed by atoms with Gasteiger partial charge >= 0.3 is 5.97 Å². The minimum absolute atomic E-state index is 0.0133. The van der Waals surface area contributed by atoms with Crippen molar-refractivity contribution in [1.29, 1.82) is 0 Å². The van der Waals surface area contributed by atoms with Gasteiger partial charge in [0.2, 0.25) is 0 Å². The van der Waals surface area contributed by atoms with Gasteiger partial charge in [0.05, 0.1) is 9.40 Å². The number of carboxylic acids is 1. The molecule has 2 rings (SSSR count). The summed E-state index contributed by atoms with van der Waals surface area (Å²) in [4.78, 5) is 20.8. The molecule has 0 bridgehead atoms. The van der Waals surface area contributed by atoms with E-state index in [0.29, 0.717) is 21.3 Å². The molecular weight excluding hydrogens is 366 g/mol. The molecule has 0 aromatic heterocycles. The van der Waals surface area contributed by atoms with Gasteiger partial charge in [0.15, 0.2) is 0 Å². The van der Waals surface area contributed by atoms with Crippen LogP contribution in [-0.2, 0) is 11.4 Å². The molecule has 0 saturated carbocycles. The Morgan fingerprint density at radius 3 is 2.74 bits per heavy atom. The summed E-state index contributed by atoms with van der Waals surface area (Å²) in [6, 6.07) is 11.4. The van der Waals surface area contributed by atoms with Crippen LogP contribution in [0.1, 0.15) is 11.1 Å². The normalized spacial score (nSPS) is 10.7. The largest absolute Gasteiger partial charge is 0.488 e. The van der Waals surface area contributed by atoms with Crippen molar-refractivity contribution < 1.29 is 19.6 Å². The second-order valence-corrected chi connectivity index (χ2v) is 5.43. The molecule has 118 valence electrons. The molecular formula is C16H12BrNO5. The van der Waals surface area contributed by atoms with E-state index in [0.717, 1.165) is 6.08 Å². The Hall–Kier alpha value is -2.67. The lowest BCUT2D eigenvalue weighted by atomic mass is 10.2. The maximum absolute atomic E-state index is 10.7. The summed E-state index contributed by atoms with van der Waals surface area (Å²) in [5.41, 5.74) is 1.40. The molecule has 0 aliphatic heterocycles. The van der Waals surface area contributed by atoms with Crippen molar-refractivity contribution in [2.24, 2.45) is 0 Å². The number of carbonyl (C=O) groups is 1. The number of ether oxygens (including phenoxy) is 1. The smallest absolute Gasteiger partial charge is 0.328 e. The van der Waals surface area contributed by atoms with Crippen LogP contribution in [0.25, 0.3) is 6.08 Å². The third kappa shape index (κ3) is 4.93. The SMILES string of the molecule is O=C(O)C=Cc1ccc(OCc2cccc([N+](=O)[O-])c2)c(Br)c1. The van der Waals surface area contributed by atoms with Gasteiger partial charge in [-0.05, 0) is 45.3 Å². The van der Waals surface area contributed by atoms with Crippen LogP contribution in [0.2, 0.25) is 0 Å². The first-order valence-electron chi connectivity index (χ1n) is 6.52. The number of benzene rings is 2. The van der Waals surface area contributed by atoms with E-state index in [1.807, 2.05) is 0 Å². The summed E-state index contributed by atoms with van der Waals surface area (Å²) >= 11 is 3.35. The monoisotopic (exact) mass is 377 g/mol. The van der Waals surface area contributed by atoms with E-state index in [2.05, 4.69) is 15.9 Å². The summed E-state index contributed by atoms with van der Waals surface area (Å²) in [5.74, 6) is -0.462. The second-order valence-electron chi connectivity index (χ2n) is 4.58. The summed E-state index contributed by atoms with van der Waals surface area (Å²) in [5, 5.41) is 19.3. The van der Waals surface area contributed by atoms with E-state index in [1.165, 1.54) is 18.2 Å². The quantitative estimate of drug-likeness (QED) is 0.466. The second kappa shape index (κ2) is 7.55. The topological polar surface area (TPSA) is 89.7 Å². The molecule has 2 aromatic carbocycles. The molecule has 6 nitrogen and oxygen atoms in total. The van der Waals surface area contributed by atoms with Crippen LogP contribution >= 0.6 is 15.9 Å². The first kappa shape index (κ1) is 16.7. The van der Waals surface area contributed by atoms with Gasteiger partial charge in [0, 0.05) is 18.2 Å². The van der Waals surface area contributed by atoms with Crippen LogP contribution in [0.15, 0.2) is 53.0 Å².